The Kier molecular flexibility index (Phi) is 4.51. The summed E-state index contributed by atoms with van der Waals surface area (Å²) < 4.78 is 14.8. The summed E-state index contributed by atoms with van der Waals surface area (Å²) in [7, 11) is 0. The van der Waals surface area contributed by atoms with Gasteiger partial charge >= 0.3 is 0 Å². The van der Waals surface area contributed by atoms with E-state index in [-0.39, 0.29) is 23.6 Å². The molecule has 2 aromatic carbocycles. The number of fused-ring (bicyclic) bond motifs is 2. The van der Waals surface area contributed by atoms with Crippen LogP contribution in [0.15, 0.2) is 47.8 Å². The smallest absolute Gasteiger partial charge is 0.258 e. The summed E-state index contributed by atoms with van der Waals surface area (Å²) in [4.78, 5) is 29.4. The molecule has 0 fully saturated rings. The fourth-order valence-electron chi connectivity index (χ4n) is 3.44. The molecule has 9 heteroatoms. The van der Waals surface area contributed by atoms with Gasteiger partial charge in [-0.25, -0.2) is 8.91 Å². The van der Waals surface area contributed by atoms with Crippen LogP contribution in [0.2, 0.25) is 0 Å². The molecule has 150 valence electrons. The third kappa shape index (κ3) is 3.43. The first kappa shape index (κ1) is 18.4. The highest BCUT2D eigenvalue weighted by molar-refractivity contribution is 7.15. The lowest BCUT2D eigenvalue weighted by Gasteiger charge is -2.08. The Morgan fingerprint density at radius 3 is 2.83 bits per heavy atom. The van der Waals surface area contributed by atoms with Gasteiger partial charge in [0.2, 0.25) is 10.9 Å². The fraction of sp³-hybridized carbons (Fsp3) is 0.143. The van der Waals surface area contributed by atoms with Crippen molar-refractivity contribution >= 4 is 39.7 Å². The first-order valence-electron chi connectivity index (χ1n) is 9.41. The summed E-state index contributed by atoms with van der Waals surface area (Å²) in [5.41, 5.74) is 3.73. The third-order valence-electron chi connectivity index (χ3n) is 4.94. The summed E-state index contributed by atoms with van der Waals surface area (Å²) in [6.07, 6.45) is 1.95. The number of nitrogens with zero attached hydrogens (tertiary/aromatic N) is 3. The molecule has 2 N–H and O–H groups in total. The Balaban J connectivity index is 1.39. The summed E-state index contributed by atoms with van der Waals surface area (Å²) in [5.74, 6) is -0.448. The van der Waals surface area contributed by atoms with Gasteiger partial charge in [-0.3, -0.25) is 14.9 Å². The van der Waals surface area contributed by atoms with E-state index < -0.39 is 0 Å². The predicted molar refractivity (Wildman–Crippen MR) is 112 cm³/mol. The number of hydrogen-bond acceptors (Lipinski definition) is 5. The van der Waals surface area contributed by atoms with Crippen molar-refractivity contribution in [3.05, 3.63) is 64.8 Å². The Morgan fingerprint density at radius 2 is 2.00 bits per heavy atom. The number of aromatic nitrogens is 3. The van der Waals surface area contributed by atoms with Crippen LogP contribution in [0.5, 0.6) is 0 Å². The molecule has 1 aliphatic rings. The van der Waals surface area contributed by atoms with Gasteiger partial charge in [0.25, 0.3) is 11.9 Å². The van der Waals surface area contributed by atoms with Crippen molar-refractivity contribution in [3.8, 4) is 11.3 Å². The molecule has 0 aliphatic carbocycles. The maximum atomic E-state index is 13.2. The number of hydrogen-bond donors (Lipinski definition) is 2. The standard InChI is InChI=1S/C21H16FN5O2S/c22-15-7-4-12(5-8-15)17-11-30-21-25-20(26-27(17)21)24-19(29)14-6-9-16-13(10-14)2-1-3-18(28)23-16/h4-11H,1-3H2,(H,23,28)(H,24,26,29). The van der Waals surface area contributed by atoms with Gasteiger partial charge in [0.15, 0.2) is 0 Å². The molecule has 0 spiro atoms. The number of anilines is 2. The molecular weight excluding hydrogens is 405 g/mol. The van der Waals surface area contributed by atoms with Crippen molar-refractivity contribution in [2.75, 3.05) is 10.6 Å². The summed E-state index contributed by atoms with van der Waals surface area (Å²) in [6, 6.07) is 11.3. The zero-order chi connectivity index (χ0) is 20.7. The van der Waals surface area contributed by atoms with Crippen molar-refractivity contribution in [1.82, 2.24) is 14.6 Å². The Hall–Kier alpha value is -3.59. The van der Waals surface area contributed by atoms with E-state index in [1.54, 1.807) is 34.8 Å². The summed E-state index contributed by atoms with van der Waals surface area (Å²) in [5, 5.41) is 11.9. The lowest BCUT2D eigenvalue weighted by Crippen LogP contribution is -2.14. The van der Waals surface area contributed by atoms with Crippen LogP contribution < -0.4 is 10.6 Å². The normalized spacial score (nSPS) is 13.6. The van der Waals surface area contributed by atoms with E-state index in [1.165, 1.54) is 23.5 Å². The van der Waals surface area contributed by atoms with E-state index in [1.807, 2.05) is 5.38 Å². The third-order valence-corrected chi connectivity index (χ3v) is 5.75. The number of benzene rings is 2. The zero-order valence-corrected chi connectivity index (χ0v) is 16.5. The molecule has 2 aromatic heterocycles. The first-order valence-corrected chi connectivity index (χ1v) is 10.3. The molecule has 0 bridgehead atoms. The average Bonchev–Trinajstić information content (AvgIpc) is 3.23. The molecule has 30 heavy (non-hydrogen) atoms. The molecule has 4 aromatic rings. The number of thiazole rings is 1. The van der Waals surface area contributed by atoms with Crippen molar-refractivity contribution < 1.29 is 14.0 Å². The minimum atomic E-state index is -0.324. The van der Waals surface area contributed by atoms with Gasteiger partial charge in [0.05, 0.1) is 5.69 Å². The van der Waals surface area contributed by atoms with Crippen LogP contribution in [0.3, 0.4) is 0 Å². The number of aryl methyl sites for hydroxylation is 1. The van der Waals surface area contributed by atoms with Gasteiger partial charge in [-0.2, -0.15) is 4.98 Å². The Morgan fingerprint density at radius 1 is 1.17 bits per heavy atom. The van der Waals surface area contributed by atoms with E-state index in [4.69, 9.17) is 0 Å². The predicted octanol–water partition coefficient (Wildman–Crippen LogP) is 4.12. The maximum Gasteiger partial charge on any atom is 0.258 e. The van der Waals surface area contributed by atoms with Crippen molar-refractivity contribution in [2.45, 2.75) is 19.3 Å². The van der Waals surface area contributed by atoms with Crippen LogP contribution in [0.1, 0.15) is 28.8 Å². The number of carbonyl (C=O) groups is 2. The summed E-state index contributed by atoms with van der Waals surface area (Å²) >= 11 is 1.38. The largest absolute Gasteiger partial charge is 0.326 e. The monoisotopic (exact) mass is 421 g/mol. The zero-order valence-electron chi connectivity index (χ0n) is 15.7. The van der Waals surface area contributed by atoms with Gasteiger partial charge in [-0.15, -0.1) is 16.4 Å². The number of nitrogens with one attached hydrogen (secondary N) is 2. The van der Waals surface area contributed by atoms with E-state index in [2.05, 4.69) is 20.7 Å². The Labute approximate surface area is 174 Å². The topological polar surface area (TPSA) is 88.4 Å². The highest BCUT2D eigenvalue weighted by Crippen LogP contribution is 2.27. The van der Waals surface area contributed by atoms with Crippen molar-refractivity contribution in [3.63, 3.8) is 0 Å². The van der Waals surface area contributed by atoms with Crippen LogP contribution in [-0.2, 0) is 11.2 Å². The number of rotatable bonds is 3. The molecule has 0 saturated heterocycles. The minimum Gasteiger partial charge on any atom is -0.326 e. The second-order valence-electron chi connectivity index (χ2n) is 6.99. The van der Waals surface area contributed by atoms with Crippen molar-refractivity contribution in [1.29, 1.82) is 0 Å². The SMILES string of the molecule is O=C1CCCc2cc(C(=O)Nc3nc4scc(-c5ccc(F)cc5)n4n3)ccc2N1. The average molecular weight is 421 g/mol. The second-order valence-corrected chi connectivity index (χ2v) is 7.82. The van der Waals surface area contributed by atoms with Crippen LogP contribution in [0, 0.1) is 5.82 Å². The Bertz CT molecular complexity index is 1280. The van der Waals surface area contributed by atoms with E-state index >= 15 is 0 Å². The molecule has 1 aliphatic heterocycles. The molecule has 3 heterocycles. The molecule has 7 nitrogen and oxygen atoms in total. The molecule has 5 rings (SSSR count). The quantitative estimate of drug-likeness (QED) is 0.521. The van der Waals surface area contributed by atoms with Crippen LogP contribution in [0.4, 0.5) is 16.0 Å². The van der Waals surface area contributed by atoms with E-state index in [0.717, 1.165) is 35.3 Å². The molecule has 0 saturated carbocycles. The van der Waals surface area contributed by atoms with Gasteiger partial charge in [-0.1, -0.05) is 0 Å². The van der Waals surface area contributed by atoms with Gasteiger partial charge in [-0.05, 0) is 60.9 Å². The van der Waals surface area contributed by atoms with Crippen molar-refractivity contribution in [2.24, 2.45) is 0 Å². The first-order chi connectivity index (χ1) is 14.6. The highest BCUT2D eigenvalue weighted by atomic mass is 32.1. The lowest BCUT2D eigenvalue weighted by molar-refractivity contribution is -0.116. The van der Waals surface area contributed by atoms with E-state index in [0.29, 0.717) is 16.9 Å². The maximum absolute atomic E-state index is 13.2. The molecule has 0 atom stereocenters. The molecule has 0 radical (unpaired) electrons. The van der Waals surface area contributed by atoms with Crippen LogP contribution >= 0.6 is 11.3 Å². The fourth-order valence-corrected chi connectivity index (χ4v) is 4.27. The number of halogens is 1. The molecule has 2 amide bonds. The number of amides is 2. The molecule has 0 unspecified atom stereocenters. The summed E-state index contributed by atoms with van der Waals surface area (Å²) in [6.45, 7) is 0. The highest BCUT2D eigenvalue weighted by Gasteiger charge is 2.17. The van der Waals surface area contributed by atoms with E-state index in [9.17, 15) is 14.0 Å². The van der Waals surface area contributed by atoms with Gasteiger partial charge in [0, 0.05) is 28.6 Å². The van der Waals surface area contributed by atoms with Gasteiger partial charge in [0.1, 0.15) is 5.82 Å². The second kappa shape index (κ2) is 7.34. The minimum absolute atomic E-state index is 0.00908. The van der Waals surface area contributed by atoms with Crippen LogP contribution in [-0.4, -0.2) is 26.4 Å². The van der Waals surface area contributed by atoms with Gasteiger partial charge < -0.3 is 5.32 Å². The lowest BCUT2D eigenvalue weighted by atomic mass is 10.0. The van der Waals surface area contributed by atoms with Crippen LogP contribution in [0.25, 0.3) is 16.2 Å². The molecular formula is C21H16FN5O2S. The number of carbonyl (C=O) groups excluding carboxylic acids is 2.